The lowest BCUT2D eigenvalue weighted by Gasteiger charge is -2.27. The number of likely N-dealkylation sites (N-methyl/N-ethyl adjacent to an activating group) is 1. The molecule has 6 nitrogen and oxygen atoms in total. The van der Waals surface area contributed by atoms with Crippen molar-refractivity contribution in [2.24, 2.45) is 4.99 Å². The first kappa shape index (κ1) is 19.4. The quantitative estimate of drug-likeness (QED) is 0.582. The minimum Gasteiger partial charge on any atom is -0.508 e. The van der Waals surface area contributed by atoms with Gasteiger partial charge in [-0.25, -0.2) is 0 Å². The fourth-order valence-electron chi connectivity index (χ4n) is 3.50. The van der Waals surface area contributed by atoms with Crippen LogP contribution in [0.4, 0.5) is 0 Å². The van der Waals surface area contributed by atoms with E-state index >= 15 is 0 Å². The number of nitrogens with one attached hydrogen (secondary N) is 1. The number of guanidine groups is 1. The average molecular weight is 348 g/mol. The molecule has 0 saturated carbocycles. The number of aliphatic imine (C=N–C) groups is 1. The van der Waals surface area contributed by atoms with Gasteiger partial charge in [0.1, 0.15) is 11.5 Å². The van der Waals surface area contributed by atoms with Crippen LogP contribution >= 0.6 is 0 Å². The van der Waals surface area contributed by atoms with Crippen molar-refractivity contribution in [3.05, 3.63) is 23.8 Å². The molecule has 1 saturated heterocycles. The summed E-state index contributed by atoms with van der Waals surface area (Å²) in [5.41, 5.74) is 0.909. The van der Waals surface area contributed by atoms with Crippen LogP contribution in [0.3, 0.4) is 0 Å². The van der Waals surface area contributed by atoms with Crippen LogP contribution in [-0.4, -0.2) is 73.8 Å². The number of hydrogen-bond donors (Lipinski definition) is 2. The van der Waals surface area contributed by atoms with Crippen molar-refractivity contribution in [1.82, 2.24) is 15.1 Å². The Kier molecular flexibility index (Phi) is 7.37. The molecule has 0 spiro atoms. The van der Waals surface area contributed by atoms with Gasteiger partial charge in [-0.15, -0.1) is 0 Å². The van der Waals surface area contributed by atoms with Gasteiger partial charge in [-0.3, -0.25) is 9.89 Å². The molecular weight excluding hydrogens is 316 g/mol. The van der Waals surface area contributed by atoms with Crippen molar-refractivity contribution in [3.8, 4) is 11.5 Å². The number of nitrogens with zero attached hydrogens (tertiary/aromatic N) is 3. The van der Waals surface area contributed by atoms with Gasteiger partial charge in [0.2, 0.25) is 0 Å². The molecule has 0 bridgehead atoms. The molecule has 0 aromatic heterocycles. The van der Waals surface area contributed by atoms with E-state index in [2.05, 4.69) is 34.0 Å². The molecule has 0 radical (unpaired) electrons. The molecule has 1 aliphatic heterocycles. The van der Waals surface area contributed by atoms with Crippen molar-refractivity contribution >= 4 is 5.96 Å². The molecule has 1 fully saturated rings. The Labute approximate surface area is 151 Å². The number of phenols is 1. The van der Waals surface area contributed by atoms with Crippen LogP contribution in [0, 0.1) is 0 Å². The number of phenolic OH excluding ortho intramolecular Hbond substituents is 1. The molecule has 6 heteroatoms. The van der Waals surface area contributed by atoms with Gasteiger partial charge in [0.15, 0.2) is 5.96 Å². The topological polar surface area (TPSA) is 60.3 Å². The second-order valence-corrected chi connectivity index (χ2v) is 6.33. The molecule has 1 aliphatic rings. The predicted molar refractivity (Wildman–Crippen MR) is 103 cm³/mol. The number of likely N-dealkylation sites (tertiary alicyclic amines) is 1. The maximum atomic E-state index is 10.1. The third kappa shape index (κ3) is 5.01. The van der Waals surface area contributed by atoms with Crippen molar-refractivity contribution in [2.75, 3.05) is 46.9 Å². The zero-order valence-corrected chi connectivity index (χ0v) is 16.0. The maximum Gasteiger partial charge on any atom is 0.193 e. The Morgan fingerprint density at radius 2 is 2.16 bits per heavy atom. The zero-order chi connectivity index (χ0) is 18.2. The van der Waals surface area contributed by atoms with Gasteiger partial charge in [0.05, 0.1) is 7.11 Å². The zero-order valence-electron chi connectivity index (χ0n) is 16.0. The third-order valence-corrected chi connectivity index (χ3v) is 4.97. The van der Waals surface area contributed by atoms with Gasteiger partial charge in [-0.05, 0) is 37.6 Å². The van der Waals surface area contributed by atoms with Crippen molar-refractivity contribution in [3.63, 3.8) is 0 Å². The molecule has 1 aromatic carbocycles. The summed E-state index contributed by atoms with van der Waals surface area (Å²) in [6.07, 6.45) is 1.92. The van der Waals surface area contributed by atoms with Gasteiger partial charge in [0.25, 0.3) is 0 Å². The molecule has 1 heterocycles. The fraction of sp³-hybridized carbons (Fsp3) is 0.632. The molecule has 0 amide bonds. The molecule has 1 aromatic rings. The van der Waals surface area contributed by atoms with Crippen LogP contribution < -0.4 is 10.1 Å². The third-order valence-electron chi connectivity index (χ3n) is 4.97. The Morgan fingerprint density at radius 1 is 1.40 bits per heavy atom. The second-order valence-electron chi connectivity index (χ2n) is 6.33. The van der Waals surface area contributed by atoms with E-state index in [0.717, 1.165) is 50.7 Å². The van der Waals surface area contributed by atoms with Crippen molar-refractivity contribution < 1.29 is 9.84 Å². The normalized spacial score (nSPS) is 18.0. The minimum absolute atomic E-state index is 0.277. The lowest BCUT2D eigenvalue weighted by molar-refractivity contribution is 0.223. The van der Waals surface area contributed by atoms with Crippen LogP contribution in [0.5, 0.6) is 11.5 Å². The number of rotatable bonds is 7. The van der Waals surface area contributed by atoms with Crippen molar-refractivity contribution in [2.45, 2.75) is 32.7 Å². The Hall–Kier alpha value is -1.95. The molecule has 2 N–H and O–H groups in total. The predicted octanol–water partition coefficient (Wildman–Crippen LogP) is 1.93. The number of benzene rings is 1. The van der Waals surface area contributed by atoms with E-state index in [4.69, 9.17) is 4.74 Å². The van der Waals surface area contributed by atoms with E-state index in [1.165, 1.54) is 6.42 Å². The first-order valence-electron chi connectivity index (χ1n) is 9.18. The summed E-state index contributed by atoms with van der Waals surface area (Å²) in [5.74, 6) is 1.89. The van der Waals surface area contributed by atoms with Crippen LogP contribution in [0.2, 0.25) is 0 Å². The summed E-state index contributed by atoms with van der Waals surface area (Å²) < 4.78 is 5.12. The molecular formula is C19H32N4O2. The monoisotopic (exact) mass is 348 g/mol. The Bertz CT molecular complexity index is 573. The van der Waals surface area contributed by atoms with E-state index < -0.39 is 0 Å². The van der Waals surface area contributed by atoms with E-state index in [9.17, 15) is 5.11 Å². The summed E-state index contributed by atoms with van der Waals surface area (Å²) in [4.78, 5) is 9.27. The summed E-state index contributed by atoms with van der Waals surface area (Å²) in [5, 5.41) is 13.5. The molecule has 1 atom stereocenters. The van der Waals surface area contributed by atoms with E-state index in [0.29, 0.717) is 11.8 Å². The fourth-order valence-corrected chi connectivity index (χ4v) is 3.50. The van der Waals surface area contributed by atoms with Crippen LogP contribution in [0.1, 0.15) is 25.8 Å². The largest absolute Gasteiger partial charge is 0.508 e. The molecule has 1 unspecified atom stereocenters. The molecule has 2 rings (SSSR count). The first-order valence-corrected chi connectivity index (χ1v) is 9.18. The van der Waals surface area contributed by atoms with Crippen LogP contribution in [-0.2, 0) is 6.42 Å². The maximum absolute atomic E-state index is 10.1. The lowest BCUT2D eigenvalue weighted by Crippen LogP contribution is -2.43. The highest BCUT2D eigenvalue weighted by Gasteiger charge is 2.27. The van der Waals surface area contributed by atoms with Gasteiger partial charge in [-0.2, -0.15) is 0 Å². The lowest BCUT2D eigenvalue weighted by atomic mass is 10.1. The summed E-state index contributed by atoms with van der Waals surface area (Å²) >= 11 is 0. The molecule has 0 aliphatic carbocycles. The summed E-state index contributed by atoms with van der Waals surface area (Å²) in [6.45, 7) is 9.43. The van der Waals surface area contributed by atoms with E-state index in [-0.39, 0.29) is 5.75 Å². The van der Waals surface area contributed by atoms with Gasteiger partial charge in [-0.1, -0.05) is 19.9 Å². The first-order chi connectivity index (χ1) is 12.1. The number of aromatic hydroxyl groups is 1. The van der Waals surface area contributed by atoms with Gasteiger partial charge >= 0.3 is 0 Å². The number of ether oxygens (including phenoxy) is 1. The van der Waals surface area contributed by atoms with Gasteiger partial charge < -0.3 is 20.1 Å². The minimum atomic E-state index is 0.277. The second kappa shape index (κ2) is 9.51. The smallest absolute Gasteiger partial charge is 0.193 e. The highest BCUT2D eigenvalue weighted by Crippen LogP contribution is 2.23. The van der Waals surface area contributed by atoms with Crippen LogP contribution in [0.15, 0.2) is 23.2 Å². The molecule has 140 valence electrons. The summed E-state index contributed by atoms with van der Waals surface area (Å²) in [6, 6.07) is 6.04. The van der Waals surface area contributed by atoms with Gasteiger partial charge in [0, 0.05) is 38.8 Å². The van der Waals surface area contributed by atoms with E-state index in [1.54, 1.807) is 13.2 Å². The Balaban J connectivity index is 1.85. The highest BCUT2D eigenvalue weighted by molar-refractivity contribution is 5.80. The van der Waals surface area contributed by atoms with Crippen molar-refractivity contribution in [1.29, 1.82) is 0 Å². The van der Waals surface area contributed by atoms with E-state index in [1.807, 2.05) is 19.2 Å². The number of hydrogen-bond acceptors (Lipinski definition) is 4. The van der Waals surface area contributed by atoms with Crippen LogP contribution in [0.25, 0.3) is 0 Å². The standard InChI is InChI=1S/C19H32N4O2/c1-5-22(6-2)16-10-12-23(14-16)19(20-3)21-11-9-15-7-8-17(25-4)13-18(15)24/h7-8,13,16,24H,5-6,9-12,14H2,1-4H3,(H,20,21). The Morgan fingerprint density at radius 3 is 2.76 bits per heavy atom. The SMILES string of the molecule is CCN(CC)C1CCN(C(=NC)NCCc2ccc(OC)cc2O)C1. The summed E-state index contributed by atoms with van der Waals surface area (Å²) in [7, 11) is 3.43. The highest BCUT2D eigenvalue weighted by atomic mass is 16.5. The molecule has 25 heavy (non-hydrogen) atoms. The average Bonchev–Trinajstić information content (AvgIpc) is 3.10. The number of methoxy groups -OCH3 is 1.